The lowest BCUT2D eigenvalue weighted by Gasteiger charge is -2.21. The monoisotopic (exact) mass is 286 g/mol. The Morgan fingerprint density at radius 2 is 2.00 bits per heavy atom. The molecule has 0 aliphatic carbocycles. The summed E-state index contributed by atoms with van der Waals surface area (Å²) in [6.07, 6.45) is -5.62. The first-order valence-corrected chi connectivity index (χ1v) is 5.78. The second-order valence-corrected chi connectivity index (χ2v) is 4.14. The summed E-state index contributed by atoms with van der Waals surface area (Å²) < 4.78 is 42.1. The van der Waals surface area contributed by atoms with Crippen molar-refractivity contribution in [2.75, 3.05) is 0 Å². The van der Waals surface area contributed by atoms with E-state index in [1.165, 1.54) is 6.07 Å². The molecule has 1 N–H and O–H groups in total. The van der Waals surface area contributed by atoms with Gasteiger partial charge in [0, 0.05) is 0 Å². The Kier molecular flexibility index (Phi) is 5.38. The molecule has 4 nitrogen and oxygen atoms in total. The van der Waals surface area contributed by atoms with E-state index in [0.29, 0.717) is 5.56 Å². The van der Waals surface area contributed by atoms with Crippen LogP contribution in [0, 0.1) is 17.2 Å². The van der Waals surface area contributed by atoms with E-state index >= 15 is 0 Å². The molecule has 0 aromatic heterocycles. The van der Waals surface area contributed by atoms with Crippen LogP contribution in [0.25, 0.3) is 0 Å². The number of halogens is 3. The van der Waals surface area contributed by atoms with Gasteiger partial charge in [0.2, 0.25) is 0 Å². The van der Waals surface area contributed by atoms with Crippen LogP contribution < -0.4 is 5.32 Å². The van der Waals surface area contributed by atoms with Gasteiger partial charge in [0.15, 0.2) is 0 Å². The van der Waals surface area contributed by atoms with Gasteiger partial charge in [0.1, 0.15) is 12.6 Å². The lowest BCUT2D eigenvalue weighted by Crippen LogP contribution is -2.44. The molecule has 0 aliphatic heterocycles. The summed E-state index contributed by atoms with van der Waals surface area (Å²) in [7, 11) is 0. The van der Waals surface area contributed by atoms with Crippen LogP contribution in [0.3, 0.4) is 0 Å². The number of amides is 1. The predicted octanol–water partition coefficient (Wildman–Crippen LogP) is 3.00. The number of benzene rings is 1. The molecule has 2 unspecified atom stereocenters. The van der Waals surface area contributed by atoms with Gasteiger partial charge in [-0.15, -0.1) is 0 Å². The number of nitrogens with zero attached hydrogens (tertiary/aromatic N) is 1. The van der Waals surface area contributed by atoms with Gasteiger partial charge in [-0.3, -0.25) is 0 Å². The molecule has 0 spiro atoms. The Labute approximate surface area is 114 Å². The normalized spacial score (nSPS) is 13.9. The number of hydrogen-bond donors (Lipinski definition) is 1. The third-order valence-corrected chi connectivity index (χ3v) is 2.64. The van der Waals surface area contributed by atoms with Crippen LogP contribution in [0.1, 0.15) is 12.5 Å². The summed E-state index contributed by atoms with van der Waals surface area (Å²) in [5.74, 6) is -1.98. The van der Waals surface area contributed by atoms with Gasteiger partial charge in [-0.25, -0.2) is 4.79 Å². The molecule has 2 atom stereocenters. The Hall–Kier alpha value is -2.23. The molecule has 20 heavy (non-hydrogen) atoms. The number of carbonyl (C=O) groups excluding carboxylic acids is 1. The van der Waals surface area contributed by atoms with Crippen molar-refractivity contribution in [2.24, 2.45) is 5.92 Å². The predicted molar refractivity (Wildman–Crippen MR) is 64.4 cm³/mol. The molecule has 0 radical (unpaired) electrons. The maximum absolute atomic E-state index is 12.4. The highest BCUT2D eigenvalue weighted by Gasteiger charge is 2.42. The topological polar surface area (TPSA) is 62.1 Å². The number of alkyl halides is 3. The summed E-state index contributed by atoms with van der Waals surface area (Å²) in [6.45, 7) is 0.747. The van der Waals surface area contributed by atoms with Crippen molar-refractivity contribution in [3.05, 3.63) is 35.9 Å². The lowest BCUT2D eigenvalue weighted by molar-refractivity contribution is -0.172. The standard InChI is InChI=1S/C13H13F3N2O2/c1-9(13(14,15)16)11(7-17)18-12(19)20-8-10-5-3-2-4-6-10/h2-6,9,11H,8H2,1H3,(H,18,19). The zero-order chi connectivity index (χ0) is 15.2. The van der Waals surface area contributed by atoms with Crippen molar-refractivity contribution >= 4 is 6.09 Å². The zero-order valence-electron chi connectivity index (χ0n) is 10.6. The second-order valence-electron chi connectivity index (χ2n) is 4.14. The van der Waals surface area contributed by atoms with Gasteiger partial charge in [0.05, 0.1) is 12.0 Å². The minimum absolute atomic E-state index is 0.0782. The molecule has 0 aliphatic rings. The molecule has 7 heteroatoms. The van der Waals surface area contributed by atoms with E-state index in [-0.39, 0.29) is 6.61 Å². The summed E-state index contributed by atoms with van der Waals surface area (Å²) >= 11 is 0. The number of rotatable bonds is 4. The molecule has 0 saturated heterocycles. The first-order valence-electron chi connectivity index (χ1n) is 5.78. The highest BCUT2D eigenvalue weighted by Crippen LogP contribution is 2.28. The van der Waals surface area contributed by atoms with Crippen LogP contribution in [0.5, 0.6) is 0 Å². The first kappa shape index (κ1) is 15.8. The van der Waals surface area contributed by atoms with Gasteiger partial charge in [-0.1, -0.05) is 37.3 Å². The first-order chi connectivity index (χ1) is 9.34. The van der Waals surface area contributed by atoms with Crippen LogP contribution in [0.15, 0.2) is 30.3 Å². The van der Waals surface area contributed by atoms with Crippen molar-refractivity contribution in [3.63, 3.8) is 0 Å². The van der Waals surface area contributed by atoms with Crippen molar-refractivity contribution in [1.29, 1.82) is 5.26 Å². The quantitative estimate of drug-likeness (QED) is 0.925. The van der Waals surface area contributed by atoms with E-state index < -0.39 is 24.2 Å². The van der Waals surface area contributed by atoms with E-state index in [0.717, 1.165) is 6.92 Å². The van der Waals surface area contributed by atoms with Gasteiger partial charge in [-0.05, 0) is 5.56 Å². The lowest BCUT2D eigenvalue weighted by atomic mass is 10.0. The van der Waals surface area contributed by atoms with E-state index in [2.05, 4.69) is 0 Å². The third-order valence-electron chi connectivity index (χ3n) is 2.64. The molecule has 108 valence electrons. The van der Waals surface area contributed by atoms with E-state index in [4.69, 9.17) is 10.00 Å². The van der Waals surface area contributed by atoms with Crippen molar-refractivity contribution in [2.45, 2.75) is 25.7 Å². The van der Waals surface area contributed by atoms with Crippen molar-refractivity contribution in [3.8, 4) is 6.07 Å². The average molecular weight is 286 g/mol. The van der Waals surface area contributed by atoms with Crippen LogP contribution in [-0.2, 0) is 11.3 Å². The SMILES string of the molecule is CC(C(C#N)NC(=O)OCc1ccccc1)C(F)(F)F. The smallest absolute Gasteiger partial charge is 0.408 e. The van der Waals surface area contributed by atoms with Crippen molar-refractivity contribution in [1.82, 2.24) is 5.32 Å². The molecule has 1 rings (SSSR count). The molecule has 0 saturated carbocycles. The molecule has 1 amide bonds. The molecule has 0 bridgehead atoms. The van der Waals surface area contributed by atoms with Gasteiger partial charge in [0.25, 0.3) is 0 Å². The summed E-state index contributed by atoms with van der Waals surface area (Å²) in [5.41, 5.74) is 0.694. The molecule has 1 aromatic rings. The van der Waals surface area contributed by atoms with Crippen LogP contribution >= 0.6 is 0 Å². The molecule has 1 aromatic carbocycles. The second kappa shape index (κ2) is 6.80. The number of carbonyl (C=O) groups is 1. The Bertz CT molecular complexity index is 483. The fraction of sp³-hybridized carbons (Fsp3) is 0.385. The van der Waals surface area contributed by atoms with E-state index in [1.807, 2.05) is 5.32 Å². The molecule has 0 heterocycles. The fourth-order valence-electron chi connectivity index (χ4n) is 1.35. The van der Waals surface area contributed by atoms with E-state index in [9.17, 15) is 18.0 Å². The number of ether oxygens (including phenoxy) is 1. The number of nitriles is 1. The Morgan fingerprint density at radius 3 is 2.50 bits per heavy atom. The summed E-state index contributed by atoms with van der Waals surface area (Å²) in [4.78, 5) is 11.4. The minimum atomic E-state index is -4.56. The van der Waals surface area contributed by atoms with Gasteiger partial charge >= 0.3 is 12.3 Å². The Morgan fingerprint density at radius 1 is 1.40 bits per heavy atom. The molecule has 0 fully saturated rings. The van der Waals surface area contributed by atoms with Gasteiger partial charge in [-0.2, -0.15) is 18.4 Å². The minimum Gasteiger partial charge on any atom is -0.445 e. The van der Waals surface area contributed by atoms with Crippen LogP contribution in [-0.4, -0.2) is 18.3 Å². The zero-order valence-corrected chi connectivity index (χ0v) is 10.6. The molecular weight excluding hydrogens is 273 g/mol. The maximum atomic E-state index is 12.4. The van der Waals surface area contributed by atoms with Crippen molar-refractivity contribution < 1.29 is 22.7 Å². The molecular formula is C13H13F3N2O2. The summed E-state index contributed by atoms with van der Waals surface area (Å²) in [6, 6.07) is 8.38. The average Bonchev–Trinajstić information content (AvgIpc) is 2.42. The maximum Gasteiger partial charge on any atom is 0.408 e. The number of alkyl carbamates (subject to hydrolysis) is 1. The largest absolute Gasteiger partial charge is 0.445 e. The number of nitrogens with one attached hydrogen (secondary N) is 1. The Balaban J connectivity index is 2.50. The van der Waals surface area contributed by atoms with Crippen LogP contribution in [0.2, 0.25) is 0 Å². The summed E-state index contributed by atoms with van der Waals surface area (Å²) in [5, 5.41) is 10.6. The number of hydrogen-bond acceptors (Lipinski definition) is 3. The third kappa shape index (κ3) is 4.80. The van der Waals surface area contributed by atoms with Gasteiger partial charge < -0.3 is 10.1 Å². The fourth-order valence-corrected chi connectivity index (χ4v) is 1.35. The highest BCUT2D eigenvalue weighted by atomic mass is 19.4. The van der Waals surface area contributed by atoms with Crippen LogP contribution in [0.4, 0.5) is 18.0 Å². The van der Waals surface area contributed by atoms with E-state index in [1.54, 1.807) is 30.3 Å². The highest BCUT2D eigenvalue weighted by molar-refractivity contribution is 5.68.